The largest absolute Gasteiger partial charge is 0.355 e. The summed E-state index contributed by atoms with van der Waals surface area (Å²) in [6, 6.07) is 18.6. The van der Waals surface area contributed by atoms with Crippen molar-refractivity contribution in [1.29, 1.82) is 0 Å². The highest BCUT2D eigenvalue weighted by Crippen LogP contribution is 2.34. The SMILES string of the molecule is Cc1cccc2sc(Nc3ncnc(NNC(=O)c4cccc5ccccc45)c3[N+](=O)[O-])nc12. The van der Waals surface area contributed by atoms with Gasteiger partial charge in [-0.3, -0.25) is 25.8 Å². The van der Waals surface area contributed by atoms with E-state index >= 15 is 0 Å². The molecule has 0 saturated carbocycles. The van der Waals surface area contributed by atoms with Crippen molar-refractivity contribution in [2.75, 3.05) is 10.7 Å². The van der Waals surface area contributed by atoms with E-state index in [1.807, 2.05) is 55.5 Å². The topological polar surface area (TPSA) is 135 Å². The van der Waals surface area contributed by atoms with Gasteiger partial charge < -0.3 is 5.32 Å². The van der Waals surface area contributed by atoms with Gasteiger partial charge in [0.25, 0.3) is 5.91 Å². The molecule has 0 aliphatic rings. The van der Waals surface area contributed by atoms with Gasteiger partial charge in [-0.05, 0) is 35.4 Å². The predicted octanol–water partition coefficient (Wildman–Crippen LogP) is 4.96. The molecule has 168 valence electrons. The van der Waals surface area contributed by atoms with E-state index in [9.17, 15) is 14.9 Å². The van der Waals surface area contributed by atoms with Crippen LogP contribution in [0, 0.1) is 17.0 Å². The van der Waals surface area contributed by atoms with Crippen LogP contribution in [0.5, 0.6) is 0 Å². The third-order valence-electron chi connectivity index (χ3n) is 5.18. The molecule has 3 aromatic carbocycles. The van der Waals surface area contributed by atoms with Gasteiger partial charge in [0.05, 0.1) is 15.1 Å². The lowest BCUT2D eigenvalue weighted by molar-refractivity contribution is -0.383. The van der Waals surface area contributed by atoms with Gasteiger partial charge in [-0.25, -0.2) is 15.0 Å². The van der Waals surface area contributed by atoms with Crippen LogP contribution in [0.15, 0.2) is 67.0 Å². The van der Waals surface area contributed by atoms with Crippen molar-refractivity contribution in [2.45, 2.75) is 6.92 Å². The Morgan fingerprint density at radius 1 is 1.00 bits per heavy atom. The van der Waals surface area contributed by atoms with Gasteiger partial charge in [0, 0.05) is 5.56 Å². The average Bonchev–Trinajstić information content (AvgIpc) is 3.26. The highest BCUT2D eigenvalue weighted by atomic mass is 32.1. The minimum Gasteiger partial charge on any atom is -0.310 e. The van der Waals surface area contributed by atoms with Gasteiger partial charge in [-0.1, -0.05) is 59.9 Å². The number of fused-ring (bicyclic) bond motifs is 2. The van der Waals surface area contributed by atoms with E-state index in [4.69, 9.17) is 0 Å². The van der Waals surface area contributed by atoms with E-state index in [1.54, 1.807) is 12.1 Å². The molecule has 5 rings (SSSR count). The molecule has 0 aliphatic carbocycles. The molecule has 0 radical (unpaired) electrons. The Labute approximate surface area is 196 Å². The van der Waals surface area contributed by atoms with E-state index < -0.39 is 16.5 Å². The first-order valence-corrected chi connectivity index (χ1v) is 11.0. The summed E-state index contributed by atoms with van der Waals surface area (Å²) in [5, 5.41) is 16.9. The average molecular weight is 472 g/mol. The van der Waals surface area contributed by atoms with Gasteiger partial charge in [-0.15, -0.1) is 0 Å². The summed E-state index contributed by atoms with van der Waals surface area (Å²) in [6.45, 7) is 1.94. The number of hydrogen-bond donors (Lipinski definition) is 3. The van der Waals surface area contributed by atoms with Crippen LogP contribution in [0.4, 0.5) is 22.5 Å². The lowest BCUT2D eigenvalue weighted by Gasteiger charge is -2.11. The number of rotatable bonds is 6. The van der Waals surface area contributed by atoms with Gasteiger partial charge >= 0.3 is 5.69 Å². The molecule has 0 unspecified atom stereocenters. The smallest absolute Gasteiger partial charge is 0.310 e. The van der Waals surface area contributed by atoms with Crippen LogP contribution in [0.2, 0.25) is 0 Å². The number of carbonyl (C=O) groups is 1. The number of carbonyl (C=O) groups excluding carboxylic acids is 1. The van der Waals surface area contributed by atoms with Crippen molar-refractivity contribution >= 4 is 60.7 Å². The maximum absolute atomic E-state index is 12.8. The lowest BCUT2D eigenvalue weighted by atomic mass is 10.0. The zero-order valence-electron chi connectivity index (χ0n) is 17.8. The summed E-state index contributed by atoms with van der Waals surface area (Å²) in [4.78, 5) is 36.5. The van der Waals surface area contributed by atoms with Gasteiger partial charge in [-0.2, -0.15) is 0 Å². The zero-order chi connectivity index (χ0) is 23.7. The summed E-state index contributed by atoms with van der Waals surface area (Å²) < 4.78 is 0.944. The fourth-order valence-corrected chi connectivity index (χ4v) is 4.53. The van der Waals surface area contributed by atoms with E-state index in [0.29, 0.717) is 10.7 Å². The fraction of sp³-hybridized carbons (Fsp3) is 0.0435. The quantitative estimate of drug-likeness (QED) is 0.234. The molecule has 0 fully saturated rings. The monoisotopic (exact) mass is 471 g/mol. The third kappa shape index (κ3) is 3.95. The van der Waals surface area contributed by atoms with Crippen molar-refractivity contribution in [2.24, 2.45) is 0 Å². The van der Waals surface area contributed by atoms with Crippen LogP contribution in [-0.4, -0.2) is 25.8 Å². The number of hydrogen-bond acceptors (Lipinski definition) is 9. The summed E-state index contributed by atoms with van der Waals surface area (Å²) in [5.74, 6) is -0.659. The Hall–Kier alpha value is -4.64. The van der Waals surface area contributed by atoms with E-state index in [2.05, 4.69) is 31.1 Å². The molecular formula is C23H17N7O3S. The van der Waals surface area contributed by atoms with Crippen LogP contribution >= 0.6 is 11.3 Å². The van der Waals surface area contributed by atoms with Gasteiger partial charge in [0.1, 0.15) is 6.33 Å². The molecule has 2 aromatic heterocycles. The second-order valence-corrected chi connectivity index (χ2v) is 8.38. The van der Waals surface area contributed by atoms with E-state index in [-0.39, 0.29) is 11.6 Å². The maximum atomic E-state index is 12.8. The summed E-state index contributed by atoms with van der Waals surface area (Å²) in [6.07, 6.45) is 1.17. The standard InChI is InChI=1S/C23H17N7O3S/c1-13-6-4-11-17-18(13)26-23(34-17)27-20-19(30(32)33)21(25-12-24-20)28-29-22(31)16-10-5-8-14-7-2-3-9-15(14)16/h2-12H,1H3,(H,29,31)(H2,24,25,26,27,28). The normalized spacial score (nSPS) is 10.9. The molecule has 0 spiro atoms. The van der Waals surface area contributed by atoms with Gasteiger partial charge in [0.2, 0.25) is 11.6 Å². The van der Waals surface area contributed by atoms with Crippen molar-refractivity contribution < 1.29 is 9.72 Å². The second kappa shape index (κ2) is 8.71. The van der Waals surface area contributed by atoms with Crippen LogP contribution in [0.25, 0.3) is 21.0 Å². The minimum absolute atomic E-state index is 0.0429. The number of nitro groups is 1. The molecule has 34 heavy (non-hydrogen) atoms. The first-order valence-electron chi connectivity index (χ1n) is 10.2. The number of aryl methyl sites for hydroxylation is 1. The van der Waals surface area contributed by atoms with Crippen LogP contribution in [0.1, 0.15) is 15.9 Å². The number of benzene rings is 3. The first kappa shape index (κ1) is 21.2. The number of aromatic nitrogens is 3. The number of hydrazine groups is 1. The Bertz CT molecular complexity index is 1560. The predicted molar refractivity (Wildman–Crippen MR) is 131 cm³/mol. The Balaban J connectivity index is 1.42. The molecule has 2 heterocycles. The first-order chi connectivity index (χ1) is 16.5. The molecule has 5 aromatic rings. The maximum Gasteiger partial charge on any atom is 0.355 e. The molecule has 10 nitrogen and oxygen atoms in total. The molecule has 11 heteroatoms. The highest BCUT2D eigenvalue weighted by Gasteiger charge is 2.25. The summed E-state index contributed by atoms with van der Waals surface area (Å²) in [5.41, 5.74) is 6.88. The van der Waals surface area contributed by atoms with Crippen LogP contribution in [-0.2, 0) is 0 Å². The number of thiazole rings is 1. The van der Waals surface area contributed by atoms with Crippen molar-refractivity contribution in [3.63, 3.8) is 0 Å². The number of amides is 1. The van der Waals surface area contributed by atoms with Crippen molar-refractivity contribution in [3.8, 4) is 0 Å². The third-order valence-corrected chi connectivity index (χ3v) is 6.12. The Kier molecular flexibility index (Phi) is 5.44. The molecule has 3 N–H and O–H groups in total. The fourth-order valence-electron chi connectivity index (χ4n) is 3.58. The van der Waals surface area contributed by atoms with Crippen LogP contribution in [0.3, 0.4) is 0 Å². The molecule has 0 atom stereocenters. The van der Waals surface area contributed by atoms with E-state index in [0.717, 1.165) is 26.6 Å². The molecule has 1 amide bonds. The second-order valence-electron chi connectivity index (χ2n) is 7.35. The zero-order valence-corrected chi connectivity index (χ0v) is 18.6. The number of para-hydroxylation sites is 1. The Morgan fingerprint density at radius 2 is 1.76 bits per heavy atom. The number of nitrogens with one attached hydrogen (secondary N) is 3. The van der Waals surface area contributed by atoms with Crippen LogP contribution < -0.4 is 16.2 Å². The van der Waals surface area contributed by atoms with Gasteiger partial charge in [0.15, 0.2) is 5.13 Å². The highest BCUT2D eigenvalue weighted by molar-refractivity contribution is 7.22. The number of nitrogens with zero attached hydrogens (tertiary/aromatic N) is 4. The van der Waals surface area contributed by atoms with Crippen molar-refractivity contribution in [1.82, 2.24) is 20.4 Å². The van der Waals surface area contributed by atoms with E-state index in [1.165, 1.54) is 17.7 Å². The number of anilines is 3. The summed E-state index contributed by atoms with van der Waals surface area (Å²) in [7, 11) is 0. The van der Waals surface area contributed by atoms with Crippen molar-refractivity contribution in [3.05, 3.63) is 88.2 Å². The minimum atomic E-state index is -0.618. The molecule has 0 bridgehead atoms. The summed E-state index contributed by atoms with van der Waals surface area (Å²) >= 11 is 1.35. The lowest BCUT2D eigenvalue weighted by Crippen LogP contribution is -2.30. The molecule has 0 aliphatic heterocycles. The molecule has 0 saturated heterocycles. The Morgan fingerprint density at radius 3 is 2.59 bits per heavy atom. The molecular weight excluding hydrogens is 454 g/mol.